The van der Waals surface area contributed by atoms with Crippen LogP contribution in [0.5, 0.6) is 5.75 Å². The molecule has 6 aromatic rings. The van der Waals surface area contributed by atoms with Crippen LogP contribution in [0, 0.1) is 0 Å². The summed E-state index contributed by atoms with van der Waals surface area (Å²) in [6.45, 7) is 3.03. The van der Waals surface area contributed by atoms with Crippen LogP contribution in [0.2, 0.25) is 0 Å². The molecule has 0 saturated carbocycles. The molecule has 3 aromatic heterocycles. The van der Waals surface area contributed by atoms with E-state index < -0.39 is 5.92 Å². The smallest absolute Gasteiger partial charge is 0.293 e. The average Bonchev–Trinajstić information content (AvgIpc) is 3.54. The van der Waals surface area contributed by atoms with Crippen molar-refractivity contribution < 1.29 is 19.1 Å². The maximum Gasteiger partial charge on any atom is 0.293 e. The van der Waals surface area contributed by atoms with Gasteiger partial charge in [-0.3, -0.25) is 29.2 Å². The second-order valence-electron chi connectivity index (χ2n) is 14.2. The number of pyridine rings is 1. The Morgan fingerprint density at radius 3 is 2.42 bits per heavy atom. The molecule has 1 aliphatic heterocycles. The van der Waals surface area contributed by atoms with Crippen LogP contribution in [0.1, 0.15) is 60.9 Å². The molecule has 1 saturated heterocycles. The van der Waals surface area contributed by atoms with Crippen LogP contribution in [0.3, 0.4) is 0 Å². The molecule has 1 aliphatic rings. The van der Waals surface area contributed by atoms with E-state index in [2.05, 4.69) is 67.9 Å². The Labute approximate surface area is 329 Å². The molecule has 5 N–H and O–H groups in total. The number of aromatic nitrogens is 5. The van der Waals surface area contributed by atoms with Crippen molar-refractivity contribution in [1.29, 1.82) is 0 Å². The van der Waals surface area contributed by atoms with Gasteiger partial charge in [0.2, 0.25) is 17.8 Å². The molecule has 15 heteroatoms. The monoisotopic (exact) mass is 770 g/mol. The molecule has 0 spiro atoms. The lowest BCUT2D eigenvalue weighted by Crippen LogP contribution is -2.39. The van der Waals surface area contributed by atoms with E-state index in [0.29, 0.717) is 43.4 Å². The number of unbranched alkanes of at least 4 members (excludes halogenated alkanes) is 1. The van der Waals surface area contributed by atoms with Gasteiger partial charge in [-0.2, -0.15) is 10.1 Å². The highest BCUT2D eigenvalue weighted by molar-refractivity contribution is 6.02. The second-order valence-corrected chi connectivity index (χ2v) is 14.2. The van der Waals surface area contributed by atoms with Gasteiger partial charge in [0.25, 0.3) is 11.5 Å². The summed E-state index contributed by atoms with van der Waals surface area (Å²) >= 11 is 0. The van der Waals surface area contributed by atoms with E-state index in [1.165, 1.54) is 11.6 Å². The number of ether oxygens (including phenoxy) is 1. The van der Waals surface area contributed by atoms with E-state index in [9.17, 15) is 19.2 Å². The number of rotatable bonds is 15. The van der Waals surface area contributed by atoms with Crippen LogP contribution in [-0.2, 0) is 48.0 Å². The quantitative estimate of drug-likeness (QED) is 0.0868. The Morgan fingerprint density at radius 2 is 1.68 bits per heavy atom. The third kappa shape index (κ3) is 8.72. The lowest BCUT2D eigenvalue weighted by atomic mass is 9.93. The van der Waals surface area contributed by atoms with Crippen LogP contribution in [0.15, 0.2) is 77.7 Å². The molecule has 57 heavy (non-hydrogen) atoms. The predicted octanol–water partition coefficient (Wildman–Crippen LogP) is 5.17. The number of carbonyl (C=O) groups excluding carboxylic acids is 3. The van der Waals surface area contributed by atoms with E-state index in [-0.39, 0.29) is 35.6 Å². The summed E-state index contributed by atoms with van der Waals surface area (Å²) in [6.07, 6.45) is 5.45. The number of likely N-dealkylation sites (N-methyl/N-ethyl adjacent to an activating group) is 1. The number of imide groups is 1. The number of aryl methyl sites for hydroxylation is 3. The Bertz CT molecular complexity index is 2530. The van der Waals surface area contributed by atoms with Crippen LogP contribution in [0.4, 0.5) is 23.1 Å². The molecule has 15 nitrogen and oxygen atoms in total. The molecule has 3 aromatic carbocycles. The van der Waals surface area contributed by atoms with Crippen LogP contribution >= 0.6 is 0 Å². The molecular formula is C42H46N10O5. The van der Waals surface area contributed by atoms with E-state index >= 15 is 0 Å². The fraction of sp³-hybridized carbons (Fsp3) is 0.310. The molecule has 0 radical (unpaired) electrons. The summed E-state index contributed by atoms with van der Waals surface area (Å²) in [5.74, 6) is -0.0218. The number of benzene rings is 3. The van der Waals surface area contributed by atoms with Crippen molar-refractivity contribution in [3.05, 3.63) is 106 Å². The molecule has 0 bridgehead atoms. The lowest BCUT2D eigenvalue weighted by molar-refractivity contribution is -0.134. The van der Waals surface area contributed by atoms with E-state index in [0.717, 1.165) is 69.1 Å². The zero-order valence-corrected chi connectivity index (χ0v) is 32.4. The molecule has 0 aliphatic carbocycles. The summed E-state index contributed by atoms with van der Waals surface area (Å²) in [7, 11) is 5.05. The molecule has 4 heterocycles. The van der Waals surface area contributed by atoms with Gasteiger partial charge in [0, 0.05) is 74.6 Å². The molecule has 3 amide bonds. The topological polar surface area (TPSA) is 186 Å². The summed E-state index contributed by atoms with van der Waals surface area (Å²) < 4.78 is 8.82. The van der Waals surface area contributed by atoms with Crippen molar-refractivity contribution >= 4 is 62.7 Å². The third-order valence-corrected chi connectivity index (χ3v) is 10.2. The summed E-state index contributed by atoms with van der Waals surface area (Å²) in [5, 5.41) is 21.6. The maximum atomic E-state index is 12.9. The van der Waals surface area contributed by atoms with Gasteiger partial charge in [0.05, 0.1) is 22.6 Å². The molecule has 7 rings (SSSR count). The number of hydrogen-bond acceptors (Lipinski definition) is 11. The predicted molar refractivity (Wildman–Crippen MR) is 220 cm³/mol. The molecular weight excluding hydrogens is 725 g/mol. The minimum atomic E-state index is -0.441. The van der Waals surface area contributed by atoms with E-state index in [4.69, 9.17) is 9.72 Å². The van der Waals surface area contributed by atoms with Crippen LogP contribution in [-0.4, -0.2) is 55.7 Å². The van der Waals surface area contributed by atoms with Gasteiger partial charge in [-0.05, 0) is 72.9 Å². The SMILES string of the molecule is CCCCc1cnc(NCc2ccc(CNc3ccc4c(C5CCC(=O)NC5=O)nn(C)c4c3)cc2)nc1Nc1ccc2c(c1)cc(OCC(=O)NC)c(=O)n2C. The minimum absolute atomic E-state index is 0.0957. The fourth-order valence-corrected chi connectivity index (χ4v) is 6.90. The number of anilines is 4. The van der Waals surface area contributed by atoms with Gasteiger partial charge < -0.3 is 30.6 Å². The highest BCUT2D eigenvalue weighted by atomic mass is 16.5. The molecule has 1 atom stereocenters. The van der Waals surface area contributed by atoms with Gasteiger partial charge in [0.1, 0.15) is 5.82 Å². The summed E-state index contributed by atoms with van der Waals surface area (Å²) in [4.78, 5) is 58.2. The normalized spacial score (nSPS) is 14.1. The Balaban J connectivity index is 0.996. The summed E-state index contributed by atoms with van der Waals surface area (Å²) in [5.41, 5.74) is 6.88. The number of nitrogens with zero attached hydrogens (tertiary/aromatic N) is 5. The lowest BCUT2D eigenvalue weighted by Gasteiger charge is -2.19. The largest absolute Gasteiger partial charge is 0.478 e. The minimum Gasteiger partial charge on any atom is -0.478 e. The van der Waals surface area contributed by atoms with Crippen LogP contribution < -0.4 is 36.9 Å². The number of hydrogen-bond donors (Lipinski definition) is 5. The second kappa shape index (κ2) is 16.9. The Morgan fingerprint density at radius 1 is 0.930 bits per heavy atom. The van der Waals surface area contributed by atoms with Crippen molar-refractivity contribution in [2.45, 2.75) is 58.0 Å². The van der Waals surface area contributed by atoms with Gasteiger partial charge in [-0.25, -0.2) is 4.98 Å². The van der Waals surface area contributed by atoms with Crippen molar-refractivity contribution in [3.63, 3.8) is 0 Å². The molecule has 1 fully saturated rings. The van der Waals surface area contributed by atoms with Crippen molar-refractivity contribution in [2.75, 3.05) is 29.6 Å². The number of piperidine rings is 1. The number of fused-ring (bicyclic) bond motifs is 2. The first-order chi connectivity index (χ1) is 27.6. The van der Waals surface area contributed by atoms with E-state index in [1.807, 2.05) is 49.6 Å². The van der Waals surface area contributed by atoms with Crippen LogP contribution in [0.25, 0.3) is 21.8 Å². The number of nitrogens with one attached hydrogen (secondary N) is 5. The zero-order valence-electron chi connectivity index (χ0n) is 32.4. The van der Waals surface area contributed by atoms with E-state index in [1.54, 1.807) is 17.8 Å². The van der Waals surface area contributed by atoms with Gasteiger partial charge in [0.15, 0.2) is 12.4 Å². The van der Waals surface area contributed by atoms with Crippen molar-refractivity contribution in [2.24, 2.45) is 14.1 Å². The van der Waals surface area contributed by atoms with Crippen molar-refractivity contribution in [1.82, 2.24) is 34.9 Å². The number of carbonyl (C=O) groups is 3. The summed E-state index contributed by atoms with van der Waals surface area (Å²) in [6, 6.07) is 21.7. The van der Waals surface area contributed by atoms with Gasteiger partial charge in [-0.1, -0.05) is 37.6 Å². The van der Waals surface area contributed by atoms with Gasteiger partial charge >= 0.3 is 0 Å². The third-order valence-electron chi connectivity index (χ3n) is 10.2. The first-order valence-corrected chi connectivity index (χ1v) is 19.1. The first-order valence-electron chi connectivity index (χ1n) is 19.1. The molecule has 294 valence electrons. The number of amides is 3. The fourth-order valence-electron chi connectivity index (χ4n) is 6.90. The molecule has 1 unspecified atom stereocenters. The Kier molecular flexibility index (Phi) is 11.4. The standard InChI is InChI=1S/C42H46N10O5/c1-5-6-7-27-23-46-42(49-39(27)47-30-13-16-33-28(18-30)19-35(41(56)51(33)3)57-24-37(54)43-2)45-22-26-10-8-25(9-11-26)21-44-29-12-14-31-34(20-29)52(4)50-38(31)32-15-17-36(53)48-40(32)55/h8-14,16,18-20,23,32,44H,5-7,15,17,21-22,24H2,1-4H3,(H,43,54)(H,48,53,55)(H2,45,46,47,49). The van der Waals surface area contributed by atoms with Gasteiger partial charge in [-0.15, -0.1) is 0 Å². The average molecular weight is 771 g/mol. The van der Waals surface area contributed by atoms with Crippen molar-refractivity contribution in [3.8, 4) is 5.75 Å². The highest BCUT2D eigenvalue weighted by Crippen LogP contribution is 2.32. The Hall–Kier alpha value is -6.77. The first kappa shape index (κ1) is 38.5. The zero-order chi connectivity index (χ0) is 40.1. The maximum absolute atomic E-state index is 12.9. The highest BCUT2D eigenvalue weighted by Gasteiger charge is 2.31.